The van der Waals surface area contributed by atoms with E-state index >= 15 is 0 Å². The molecule has 0 amide bonds. The van der Waals surface area contributed by atoms with Gasteiger partial charge in [-0.2, -0.15) is 0 Å². The van der Waals surface area contributed by atoms with Gasteiger partial charge in [0.05, 0.1) is 5.71 Å². The van der Waals surface area contributed by atoms with Crippen molar-refractivity contribution in [3.8, 4) is 0 Å². The van der Waals surface area contributed by atoms with Crippen molar-refractivity contribution in [2.24, 2.45) is 5.16 Å². The Labute approximate surface area is 55.9 Å². The monoisotopic (exact) mass is 126 g/mol. The van der Waals surface area contributed by atoms with Crippen LogP contribution in [0.25, 0.3) is 0 Å². The zero-order chi connectivity index (χ0) is 6.53. The first-order valence-electron chi connectivity index (χ1n) is 3.43. The molecule has 1 fully saturated rings. The van der Waals surface area contributed by atoms with E-state index in [9.17, 15) is 0 Å². The average molecular weight is 126 g/mol. The largest absolute Gasteiger partial charge is 0.396 e. The molecule has 1 rings (SSSR count). The Morgan fingerprint density at radius 2 is 2.67 bits per heavy atom. The highest BCUT2D eigenvalue weighted by Gasteiger charge is 2.07. The Morgan fingerprint density at radius 1 is 1.78 bits per heavy atom. The zero-order valence-electron chi connectivity index (χ0n) is 5.76. The van der Waals surface area contributed by atoms with Crippen molar-refractivity contribution in [2.45, 2.75) is 26.2 Å². The van der Waals surface area contributed by atoms with Crippen molar-refractivity contribution >= 4 is 5.71 Å². The summed E-state index contributed by atoms with van der Waals surface area (Å²) in [5.41, 5.74) is 1.19. The summed E-state index contributed by atoms with van der Waals surface area (Å²) in [7, 11) is 0. The second kappa shape index (κ2) is 3.49. The lowest BCUT2D eigenvalue weighted by molar-refractivity contribution is 0.158. The molecule has 2 nitrogen and oxygen atoms in total. The van der Waals surface area contributed by atoms with Gasteiger partial charge in [0.25, 0.3) is 0 Å². The van der Waals surface area contributed by atoms with Gasteiger partial charge in [-0.3, -0.25) is 0 Å². The Bertz CT molecular complexity index is 101. The third-order valence-corrected chi connectivity index (χ3v) is 1.34. The number of hydrogen-bond acceptors (Lipinski definition) is 2. The van der Waals surface area contributed by atoms with Crippen LogP contribution in [0.2, 0.25) is 0 Å². The van der Waals surface area contributed by atoms with E-state index in [0.717, 1.165) is 12.8 Å². The van der Waals surface area contributed by atoms with Crippen molar-refractivity contribution in [1.82, 2.24) is 0 Å². The van der Waals surface area contributed by atoms with E-state index < -0.39 is 0 Å². The molecule has 0 unspecified atom stereocenters. The minimum Gasteiger partial charge on any atom is -0.396 e. The predicted octanol–water partition coefficient (Wildman–Crippen LogP) is 1.77. The molecular weight excluding hydrogens is 114 g/mol. The molecule has 51 valence electrons. The molecule has 0 aromatic carbocycles. The van der Waals surface area contributed by atoms with Crippen LogP contribution in [0.5, 0.6) is 0 Å². The maximum Gasteiger partial charge on any atom is 0.114 e. The molecule has 0 bridgehead atoms. The highest BCUT2D eigenvalue weighted by Crippen LogP contribution is 2.13. The predicted molar refractivity (Wildman–Crippen MR) is 37.2 cm³/mol. The first-order valence-corrected chi connectivity index (χ1v) is 3.43. The summed E-state index contributed by atoms with van der Waals surface area (Å²) in [4.78, 5) is 4.89. The number of nitrogens with zero attached hydrogens (tertiary/aromatic N) is 1. The van der Waals surface area contributed by atoms with Crippen LogP contribution in [0.3, 0.4) is 0 Å². The van der Waals surface area contributed by atoms with Gasteiger partial charge in [-0.25, -0.2) is 0 Å². The van der Waals surface area contributed by atoms with Gasteiger partial charge in [0.15, 0.2) is 0 Å². The molecule has 0 spiro atoms. The normalized spacial score (nSPS) is 23.0. The summed E-state index contributed by atoms with van der Waals surface area (Å²) in [6.07, 6.45) is 5.53. The molecule has 1 aliphatic carbocycles. The highest BCUT2D eigenvalue weighted by atomic mass is 16.6. The molecule has 0 aliphatic heterocycles. The van der Waals surface area contributed by atoms with Crippen LogP contribution in [0, 0.1) is 6.42 Å². The average Bonchev–Trinajstić information content (AvgIpc) is 2.34. The van der Waals surface area contributed by atoms with Crippen molar-refractivity contribution in [3.05, 3.63) is 6.42 Å². The fraction of sp³-hybridized carbons (Fsp3) is 0.714. The van der Waals surface area contributed by atoms with Crippen LogP contribution in [-0.2, 0) is 4.84 Å². The van der Waals surface area contributed by atoms with Gasteiger partial charge in [-0.1, -0.05) is 5.16 Å². The van der Waals surface area contributed by atoms with Gasteiger partial charge in [0.2, 0.25) is 0 Å². The van der Waals surface area contributed by atoms with Crippen molar-refractivity contribution in [3.63, 3.8) is 0 Å². The standard InChI is InChI=1S/C7H12NO/c1-2-9-8-7-5-3-4-6-7/h3H,2,4-6H2,1H3/b8-7-. The summed E-state index contributed by atoms with van der Waals surface area (Å²) in [5.74, 6) is 0. The number of hydrogen-bond donors (Lipinski definition) is 0. The molecule has 0 N–H and O–H groups in total. The minimum atomic E-state index is 0.684. The summed E-state index contributed by atoms with van der Waals surface area (Å²) < 4.78 is 0. The molecule has 0 atom stereocenters. The molecule has 1 radical (unpaired) electrons. The van der Waals surface area contributed by atoms with Gasteiger partial charge < -0.3 is 4.84 Å². The van der Waals surface area contributed by atoms with Crippen molar-refractivity contribution < 1.29 is 4.84 Å². The summed E-state index contributed by atoms with van der Waals surface area (Å²) >= 11 is 0. The van der Waals surface area contributed by atoms with Gasteiger partial charge in [-0.05, 0) is 32.6 Å². The van der Waals surface area contributed by atoms with E-state index in [1.807, 2.05) is 6.92 Å². The molecule has 0 aromatic heterocycles. The van der Waals surface area contributed by atoms with E-state index in [2.05, 4.69) is 11.6 Å². The summed E-state index contributed by atoms with van der Waals surface area (Å²) in [6.45, 7) is 2.63. The third-order valence-electron chi connectivity index (χ3n) is 1.34. The maximum atomic E-state index is 4.89. The fourth-order valence-electron chi connectivity index (χ4n) is 0.878. The van der Waals surface area contributed by atoms with E-state index in [-0.39, 0.29) is 0 Å². The third kappa shape index (κ3) is 2.04. The summed E-state index contributed by atoms with van der Waals surface area (Å²) in [6, 6.07) is 0. The number of rotatable bonds is 2. The molecule has 2 heteroatoms. The molecule has 1 saturated carbocycles. The number of oxime groups is 1. The molecule has 0 aromatic rings. The lowest BCUT2D eigenvalue weighted by Crippen LogP contribution is -1.90. The Kier molecular flexibility index (Phi) is 2.55. The lowest BCUT2D eigenvalue weighted by atomic mass is 10.3. The Morgan fingerprint density at radius 3 is 3.22 bits per heavy atom. The van der Waals surface area contributed by atoms with Crippen LogP contribution in [0.1, 0.15) is 26.2 Å². The maximum absolute atomic E-state index is 4.89. The van der Waals surface area contributed by atoms with E-state index in [0.29, 0.717) is 6.61 Å². The highest BCUT2D eigenvalue weighted by molar-refractivity contribution is 5.87. The zero-order valence-corrected chi connectivity index (χ0v) is 5.76. The molecule has 9 heavy (non-hydrogen) atoms. The molecule has 0 heterocycles. The van der Waals surface area contributed by atoms with Crippen LogP contribution in [0.15, 0.2) is 5.16 Å². The van der Waals surface area contributed by atoms with Gasteiger partial charge in [0.1, 0.15) is 6.61 Å². The van der Waals surface area contributed by atoms with Gasteiger partial charge in [-0.15, -0.1) is 0 Å². The Hall–Kier alpha value is -0.530. The van der Waals surface area contributed by atoms with Gasteiger partial charge >= 0.3 is 0 Å². The van der Waals surface area contributed by atoms with Crippen LogP contribution in [0.4, 0.5) is 0 Å². The van der Waals surface area contributed by atoms with Crippen LogP contribution < -0.4 is 0 Å². The lowest BCUT2D eigenvalue weighted by Gasteiger charge is -1.93. The van der Waals surface area contributed by atoms with E-state index in [1.165, 1.54) is 12.1 Å². The Balaban J connectivity index is 2.22. The second-order valence-corrected chi connectivity index (χ2v) is 2.11. The first kappa shape index (κ1) is 6.59. The van der Waals surface area contributed by atoms with E-state index in [1.54, 1.807) is 0 Å². The minimum absolute atomic E-state index is 0.684. The molecule has 0 saturated heterocycles. The quantitative estimate of drug-likeness (QED) is 0.517. The van der Waals surface area contributed by atoms with Crippen molar-refractivity contribution in [2.75, 3.05) is 6.61 Å². The molecule has 1 aliphatic rings. The second-order valence-electron chi connectivity index (χ2n) is 2.11. The van der Waals surface area contributed by atoms with Crippen LogP contribution in [-0.4, -0.2) is 12.3 Å². The smallest absolute Gasteiger partial charge is 0.114 e. The first-order chi connectivity index (χ1) is 4.43. The van der Waals surface area contributed by atoms with Crippen molar-refractivity contribution in [1.29, 1.82) is 0 Å². The van der Waals surface area contributed by atoms with Crippen LogP contribution >= 0.6 is 0 Å². The fourth-order valence-corrected chi connectivity index (χ4v) is 0.878. The van der Waals surface area contributed by atoms with Gasteiger partial charge in [0, 0.05) is 0 Å². The topological polar surface area (TPSA) is 21.6 Å². The molecular formula is C7H12NO. The van der Waals surface area contributed by atoms with E-state index in [4.69, 9.17) is 4.84 Å². The SMILES string of the molecule is CCO/N=C1/C[CH]CC1. The summed E-state index contributed by atoms with van der Waals surface area (Å²) in [5, 5.41) is 3.93.